The Balaban J connectivity index is 1.32. The van der Waals surface area contributed by atoms with Gasteiger partial charge < -0.3 is 14.8 Å². The summed E-state index contributed by atoms with van der Waals surface area (Å²) in [5.74, 6) is -0.636. The third-order valence-corrected chi connectivity index (χ3v) is 6.64. The molecule has 0 spiro atoms. The van der Waals surface area contributed by atoms with Crippen LogP contribution in [0.3, 0.4) is 0 Å². The molecule has 196 valence electrons. The van der Waals surface area contributed by atoms with Crippen LogP contribution in [0.1, 0.15) is 49.1 Å². The van der Waals surface area contributed by atoms with Gasteiger partial charge in [-0.1, -0.05) is 54.6 Å². The maximum Gasteiger partial charge on any atom is 0.407 e. The average molecular weight is 520 g/mol. The first kappa shape index (κ1) is 25.9. The van der Waals surface area contributed by atoms with Gasteiger partial charge in [0, 0.05) is 17.7 Å². The Kier molecular flexibility index (Phi) is 7.03. The summed E-state index contributed by atoms with van der Waals surface area (Å²) in [7, 11) is 0. The number of aromatic nitrogens is 1. The zero-order valence-corrected chi connectivity index (χ0v) is 22.1. The third-order valence-electron chi connectivity index (χ3n) is 6.64. The third kappa shape index (κ3) is 5.75. The number of carbonyl (C=O) groups excluding carboxylic acids is 2. The molecule has 7 nitrogen and oxygen atoms in total. The quantitative estimate of drug-likeness (QED) is 0.318. The highest BCUT2D eigenvalue weighted by Crippen LogP contribution is 2.44. The van der Waals surface area contributed by atoms with E-state index in [9.17, 15) is 9.59 Å². The predicted molar refractivity (Wildman–Crippen MR) is 148 cm³/mol. The van der Waals surface area contributed by atoms with Crippen molar-refractivity contribution in [2.45, 2.75) is 44.8 Å². The van der Waals surface area contributed by atoms with Crippen molar-refractivity contribution in [3.8, 4) is 17.2 Å². The van der Waals surface area contributed by atoms with Crippen molar-refractivity contribution in [3.05, 3.63) is 101 Å². The van der Waals surface area contributed by atoms with Crippen LogP contribution in [0.2, 0.25) is 0 Å². The number of fused-ring (bicyclic) bond motifs is 4. The summed E-state index contributed by atoms with van der Waals surface area (Å²) in [6, 6.07) is 26.3. The molecule has 1 amide bonds. The first-order valence-corrected chi connectivity index (χ1v) is 12.9. The maximum atomic E-state index is 13.1. The molecule has 1 N–H and O–H groups in total. The van der Waals surface area contributed by atoms with E-state index in [0.717, 1.165) is 33.2 Å². The van der Waals surface area contributed by atoms with Gasteiger partial charge in [-0.3, -0.25) is 0 Å². The van der Waals surface area contributed by atoms with Crippen LogP contribution in [0.15, 0.2) is 78.9 Å². The summed E-state index contributed by atoms with van der Waals surface area (Å²) in [5.41, 5.74) is 5.60. The minimum atomic E-state index is -0.955. The lowest BCUT2D eigenvalue weighted by Crippen LogP contribution is -2.46. The Morgan fingerprint density at radius 2 is 1.64 bits per heavy atom. The summed E-state index contributed by atoms with van der Waals surface area (Å²) >= 11 is 0. The number of hydrogen-bond acceptors (Lipinski definition) is 6. The van der Waals surface area contributed by atoms with E-state index in [0.29, 0.717) is 11.2 Å². The molecule has 1 heterocycles. The molecular formula is C32H29N3O4. The van der Waals surface area contributed by atoms with Crippen LogP contribution in [0, 0.1) is 11.3 Å². The van der Waals surface area contributed by atoms with Gasteiger partial charge in [0.25, 0.3) is 0 Å². The Bertz CT molecular complexity index is 1550. The van der Waals surface area contributed by atoms with Crippen molar-refractivity contribution >= 4 is 23.0 Å². The van der Waals surface area contributed by atoms with E-state index >= 15 is 0 Å². The van der Waals surface area contributed by atoms with Crippen LogP contribution in [0.5, 0.6) is 0 Å². The number of nitriles is 1. The van der Waals surface area contributed by atoms with E-state index in [1.165, 1.54) is 0 Å². The number of alkyl carbamates (subject to hydrolysis) is 1. The normalized spacial score (nSPS) is 13.2. The van der Waals surface area contributed by atoms with E-state index in [1.54, 1.807) is 32.9 Å². The molecule has 3 aromatic carbocycles. The highest BCUT2D eigenvalue weighted by Gasteiger charge is 2.31. The lowest BCUT2D eigenvalue weighted by Gasteiger charge is -2.25. The van der Waals surface area contributed by atoms with Crippen molar-refractivity contribution in [1.82, 2.24) is 10.3 Å². The summed E-state index contributed by atoms with van der Waals surface area (Å²) in [4.78, 5) is 30.4. The molecule has 7 heteroatoms. The number of carbonyl (C=O) groups is 2. The van der Waals surface area contributed by atoms with Crippen LogP contribution in [0.25, 0.3) is 22.0 Å². The molecule has 0 unspecified atom stereocenters. The van der Waals surface area contributed by atoms with Gasteiger partial charge in [-0.25, -0.2) is 14.6 Å². The second-order valence-electron chi connectivity index (χ2n) is 10.6. The topological polar surface area (TPSA) is 101 Å². The fourth-order valence-corrected chi connectivity index (χ4v) is 4.95. The summed E-state index contributed by atoms with van der Waals surface area (Å²) in [5, 5.41) is 12.7. The number of ether oxygens (including phenoxy) is 2. The number of amides is 1. The molecule has 0 saturated heterocycles. The fraction of sp³-hybridized carbons (Fsp3) is 0.250. The molecule has 39 heavy (non-hydrogen) atoms. The summed E-state index contributed by atoms with van der Waals surface area (Å²) < 4.78 is 11.3. The molecule has 1 aliphatic rings. The molecule has 1 aromatic heterocycles. The molecule has 0 saturated carbocycles. The van der Waals surface area contributed by atoms with Crippen LogP contribution in [-0.2, 0) is 20.7 Å². The van der Waals surface area contributed by atoms with Gasteiger partial charge >= 0.3 is 12.1 Å². The van der Waals surface area contributed by atoms with Gasteiger partial charge in [0.2, 0.25) is 0 Å². The Morgan fingerprint density at radius 1 is 0.974 bits per heavy atom. The van der Waals surface area contributed by atoms with Crippen molar-refractivity contribution < 1.29 is 19.1 Å². The molecule has 1 aliphatic carbocycles. The highest BCUT2D eigenvalue weighted by molar-refractivity contribution is 5.84. The monoisotopic (exact) mass is 519 g/mol. The van der Waals surface area contributed by atoms with Crippen LogP contribution < -0.4 is 5.32 Å². The Hall–Kier alpha value is -4.70. The van der Waals surface area contributed by atoms with Crippen molar-refractivity contribution in [3.63, 3.8) is 0 Å². The van der Waals surface area contributed by atoms with Crippen LogP contribution in [-0.4, -0.2) is 35.3 Å². The van der Waals surface area contributed by atoms with Crippen molar-refractivity contribution in [2.24, 2.45) is 0 Å². The van der Waals surface area contributed by atoms with Gasteiger partial charge in [0.1, 0.15) is 30.0 Å². The predicted octanol–water partition coefficient (Wildman–Crippen LogP) is 5.90. The van der Waals surface area contributed by atoms with Crippen LogP contribution in [0.4, 0.5) is 4.79 Å². The van der Waals surface area contributed by atoms with Gasteiger partial charge in [-0.2, -0.15) is 5.26 Å². The molecule has 0 aliphatic heterocycles. The lowest BCUT2D eigenvalue weighted by molar-refractivity contribution is -0.157. The summed E-state index contributed by atoms with van der Waals surface area (Å²) in [6.45, 7) is 5.49. The number of esters is 1. The number of benzene rings is 3. The van der Waals surface area contributed by atoms with Gasteiger partial charge in [-0.15, -0.1) is 0 Å². The van der Waals surface area contributed by atoms with Gasteiger partial charge in [0.05, 0.1) is 5.52 Å². The minimum absolute atomic E-state index is 0.0885. The largest absolute Gasteiger partial charge is 0.458 e. The SMILES string of the molecule is CC(C)(C)OC(=O)[C@H](Cc1ccc2nc(C#N)ccc2c1)NC(=O)OCC1c2ccccc2-c2ccccc21. The number of nitrogens with zero attached hydrogens (tertiary/aromatic N) is 2. The maximum absolute atomic E-state index is 13.1. The Labute approximate surface area is 227 Å². The van der Waals surface area contributed by atoms with Gasteiger partial charge in [-0.05, 0) is 72.9 Å². The lowest BCUT2D eigenvalue weighted by atomic mass is 9.98. The van der Waals surface area contributed by atoms with E-state index in [4.69, 9.17) is 14.7 Å². The fourth-order valence-electron chi connectivity index (χ4n) is 4.95. The van der Waals surface area contributed by atoms with E-state index < -0.39 is 23.7 Å². The van der Waals surface area contributed by atoms with Gasteiger partial charge in [0.15, 0.2) is 0 Å². The number of nitrogens with one attached hydrogen (secondary N) is 1. The molecule has 4 aromatic rings. The molecule has 0 radical (unpaired) electrons. The second kappa shape index (κ2) is 10.6. The molecule has 5 rings (SSSR count). The Morgan fingerprint density at radius 3 is 2.28 bits per heavy atom. The molecular weight excluding hydrogens is 490 g/mol. The standard InChI is InChI=1S/C32H29N3O4/c1-32(2,3)39-30(36)29(17-20-12-15-28-21(16-20)13-14-22(18-33)34-28)35-31(37)38-19-27-25-10-6-4-8-23(25)24-9-5-7-11-26(24)27/h4-16,27,29H,17,19H2,1-3H3,(H,35,37)/t29-/m0/s1. The number of hydrogen-bond donors (Lipinski definition) is 1. The molecule has 0 bridgehead atoms. The van der Waals surface area contributed by atoms with E-state index in [-0.39, 0.29) is 18.9 Å². The zero-order valence-electron chi connectivity index (χ0n) is 22.1. The van der Waals surface area contributed by atoms with E-state index in [2.05, 4.69) is 34.6 Å². The van der Waals surface area contributed by atoms with Crippen molar-refractivity contribution in [2.75, 3.05) is 6.61 Å². The van der Waals surface area contributed by atoms with E-state index in [1.807, 2.05) is 48.5 Å². The number of rotatable bonds is 6. The average Bonchev–Trinajstić information content (AvgIpc) is 3.24. The second-order valence-corrected chi connectivity index (χ2v) is 10.6. The van der Waals surface area contributed by atoms with Crippen molar-refractivity contribution in [1.29, 1.82) is 5.26 Å². The number of pyridine rings is 1. The highest BCUT2D eigenvalue weighted by atomic mass is 16.6. The molecule has 1 atom stereocenters. The first-order chi connectivity index (χ1) is 18.7. The smallest absolute Gasteiger partial charge is 0.407 e. The minimum Gasteiger partial charge on any atom is -0.458 e. The summed E-state index contributed by atoms with van der Waals surface area (Å²) in [6.07, 6.45) is -0.483. The zero-order chi connectivity index (χ0) is 27.6. The van der Waals surface area contributed by atoms with Crippen LogP contribution >= 0.6 is 0 Å². The first-order valence-electron chi connectivity index (χ1n) is 12.9. The molecule has 0 fully saturated rings.